The molecule has 0 radical (unpaired) electrons. The molecule has 0 heterocycles. The van der Waals surface area contributed by atoms with Crippen LogP contribution in [-0.4, -0.2) is 12.6 Å². The molecule has 4 nitrogen and oxygen atoms in total. The van der Waals surface area contributed by atoms with E-state index in [1.54, 1.807) is 37.3 Å². The molecule has 21 heavy (non-hydrogen) atoms. The molecule has 0 aliphatic rings. The van der Waals surface area contributed by atoms with Crippen LogP contribution in [0.4, 0.5) is 15.8 Å². The molecule has 0 bridgehead atoms. The summed E-state index contributed by atoms with van der Waals surface area (Å²) in [5, 5.41) is 3.11. The van der Waals surface area contributed by atoms with Crippen LogP contribution >= 0.6 is 0 Å². The zero-order chi connectivity index (χ0) is 15.2. The van der Waals surface area contributed by atoms with E-state index >= 15 is 0 Å². The van der Waals surface area contributed by atoms with Crippen molar-refractivity contribution in [1.82, 2.24) is 0 Å². The standard InChI is InChI=1S/C16H17FN2O2/c1-2-21-16(20)13-4-3-5-14(18)15(13)19-10-11-6-8-12(17)9-7-11/h3-9,19H,2,10,18H2,1H3. The number of hydrogen-bond acceptors (Lipinski definition) is 4. The van der Waals surface area contributed by atoms with E-state index < -0.39 is 5.97 Å². The topological polar surface area (TPSA) is 64.3 Å². The summed E-state index contributed by atoms with van der Waals surface area (Å²) < 4.78 is 17.9. The number of carbonyl (C=O) groups excluding carboxylic acids is 1. The smallest absolute Gasteiger partial charge is 0.340 e. The molecule has 3 N–H and O–H groups in total. The molecule has 5 heteroatoms. The molecular weight excluding hydrogens is 271 g/mol. The number of nitrogens with one attached hydrogen (secondary N) is 1. The van der Waals surface area contributed by atoms with Gasteiger partial charge in [-0.2, -0.15) is 0 Å². The third-order valence-electron chi connectivity index (χ3n) is 2.97. The van der Waals surface area contributed by atoms with Gasteiger partial charge in [0.05, 0.1) is 23.5 Å². The first-order valence-corrected chi connectivity index (χ1v) is 6.65. The second-order valence-electron chi connectivity index (χ2n) is 4.47. The largest absolute Gasteiger partial charge is 0.462 e. The zero-order valence-corrected chi connectivity index (χ0v) is 11.7. The lowest BCUT2D eigenvalue weighted by atomic mass is 10.1. The van der Waals surface area contributed by atoms with Gasteiger partial charge in [0.25, 0.3) is 0 Å². The number of hydrogen-bond donors (Lipinski definition) is 2. The van der Waals surface area contributed by atoms with E-state index in [2.05, 4.69) is 5.32 Å². The number of nitrogen functional groups attached to an aromatic ring is 1. The van der Waals surface area contributed by atoms with Crippen molar-refractivity contribution < 1.29 is 13.9 Å². The Bertz CT molecular complexity index is 627. The Labute approximate surface area is 122 Å². The first-order valence-electron chi connectivity index (χ1n) is 6.65. The normalized spacial score (nSPS) is 10.2. The summed E-state index contributed by atoms with van der Waals surface area (Å²) in [7, 11) is 0. The molecule has 0 atom stereocenters. The number of benzene rings is 2. The van der Waals surface area contributed by atoms with Gasteiger partial charge < -0.3 is 15.8 Å². The van der Waals surface area contributed by atoms with Crippen LogP contribution in [-0.2, 0) is 11.3 Å². The molecule has 2 rings (SSSR count). The number of nitrogens with two attached hydrogens (primary N) is 1. The number of carbonyl (C=O) groups is 1. The quantitative estimate of drug-likeness (QED) is 0.655. The van der Waals surface area contributed by atoms with Gasteiger partial charge in [0.1, 0.15) is 5.82 Å². The van der Waals surface area contributed by atoms with Crippen molar-refractivity contribution in [3.05, 3.63) is 59.4 Å². The summed E-state index contributed by atoms with van der Waals surface area (Å²) in [5.74, 6) is -0.711. The summed E-state index contributed by atoms with van der Waals surface area (Å²) in [5.41, 5.74) is 8.17. The average Bonchev–Trinajstić information content (AvgIpc) is 2.47. The van der Waals surface area contributed by atoms with Gasteiger partial charge in [-0.25, -0.2) is 9.18 Å². The maximum atomic E-state index is 12.9. The first kappa shape index (κ1) is 14.8. The van der Waals surface area contributed by atoms with Gasteiger partial charge in [0.15, 0.2) is 0 Å². The van der Waals surface area contributed by atoms with Crippen molar-refractivity contribution in [2.45, 2.75) is 13.5 Å². The highest BCUT2D eigenvalue weighted by Crippen LogP contribution is 2.25. The maximum Gasteiger partial charge on any atom is 0.340 e. The van der Waals surface area contributed by atoms with Crippen molar-refractivity contribution in [1.29, 1.82) is 0 Å². The maximum absolute atomic E-state index is 12.9. The van der Waals surface area contributed by atoms with Crippen LogP contribution in [0.25, 0.3) is 0 Å². The van der Waals surface area contributed by atoms with Crippen molar-refractivity contribution in [3.63, 3.8) is 0 Å². The molecule has 0 aromatic heterocycles. The Morgan fingerprint density at radius 2 is 1.95 bits per heavy atom. The van der Waals surface area contributed by atoms with Crippen molar-refractivity contribution in [2.24, 2.45) is 0 Å². The van der Waals surface area contributed by atoms with Gasteiger partial charge in [0.2, 0.25) is 0 Å². The molecule has 0 spiro atoms. The highest BCUT2D eigenvalue weighted by Gasteiger charge is 2.14. The molecule has 2 aromatic carbocycles. The monoisotopic (exact) mass is 288 g/mol. The Morgan fingerprint density at radius 1 is 1.24 bits per heavy atom. The van der Waals surface area contributed by atoms with E-state index in [0.29, 0.717) is 30.1 Å². The number of ether oxygens (including phenoxy) is 1. The fraction of sp³-hybridized carbons (Fsp3) is 0.188. The van der Waals surface area contributed by atoms with E-state index in [4.69, 9.17) is 10.5 Å². The number of rotatable bonds is 5. The average molecular weight is 288 g/mol. The van der Waals surface area contributed by atoms with Gasteiger partial charge in [-0.3, -0.25) is 0 Å². The Hall–Kier alpha value is -2.56. The summed E-state index contributed by atoms with van der Waals surface area (Å²) in [6, 6.07) is 11.2. The molecule has 0 fully saturated rings. The molecule has 110 valence electrons. The fourth-order valence-corrected chi connectivity index (χ4v) is 1.94. The van der Waals surface area contributed by atoms with Crippen molar-refractivity contribution in [2.75, 3.05) is 17.7 Å². The SMILES string of the molecule is CCOC(=O)c1cccc(N)c1NCc1ccc(F)cc1. The molecule has 0 aliphatic carbocycles. The summed E-state index contributed by atoms with van der Waals surface area (Å²) >= 11 is 0. The van der Waals surface area contributed by atoms with Gasteiger partial charge in [0, 0.05) is 6.54 Å². The van der Waals surface area contributed by atoms with E-state index in [9.17, 15) is 9.18 Å². The molecule has 0 aliphatic heterocycles. The minimum atomic E-state index is -0.425. The first-order chi connectivity index (χ1) is 10.1. The molecule has 0 saturated heterocycles. The summed E-state index contributed by atoms with van der Waals surface area (Å²) in [6.45, 7) is 2.47. The highest BCUT2D eigenvalue weighted by atomic mass is 19.1. The summed E-state index contributed by atoms with van der Waals surface area (Å²) in [4.78, 5) is 11.9. The van der Waals surface area contributed by atoms with Crippen LogP contribution in [0.15, 0.2) is 42.5 Å². The second kappa shape index (κ2) is 6.74. The predicted molar refractivity (Wildman–Crippen MR) is 80.5 cm³/mol. The Kier molecular flexibility index (Phi) is 4.77. The van der Waals surface area contributed by atoms with Gasteiger partial charge >= 0.3 is 5.97 Å². The van der Waals surface area contributed by atoms with E-state index in [-0.39, 0.29) is 5.82 Å². The minimum absolute atomic E-state index is 0.287. The summed E-state index contributed by atoms with van der Waals surface area (Å²) in [6.07, 6.45) is 0. The number of halogens is 1. The predicted octanol–water partition coefficient (Wildman–Crippen LogP) is 3.20. The van der Waals surface area contributed by atoms with Gasteiger partial charge in [-0.1, -0.05) is 18.2 Å². The zero-order valence-electron chi connectivity index (χ0n) is 11.7. The van der Waals surface area contributed by atoms with Crippen LogP contribution in [0, 0.1) is 5.82 Å². The fourth-order valence-electron chi connectivity index (χ4n) is 1.94. The lowest BCUT2D eigenvalue weighted by Gasteiger charge is -2.14. The minimum Gasteiger partial charge on any atom is -0.462 e. The van der Waals surface area contributed by atoms with Crippen molar-refractivity contribution >= 4 is 17.3 Å². The molecule has 0 saturated carbocycles. The number of anilines is 2. The van der Waals surface area contributed by atoms with Gasteiger partial charge in [-0.05, 0) is 36.8 Å². The lowest BCUT2D eigenvalue weighted by molar-refractivity contribution is 0.0527. The van der Waals surface area contributed by atoms with E-state index in [1.165, 1.54) is 12.1 Å². The lowest BCUT2D eigenvalue weighted by Crippen LogP contribution is -2.11. The number of para-hydroxylation sites is 1. The Morgan fingerprint density at radius 3 is 2.62 bits per heavy atom. The molecule has 0 amide bonds. The van der Waals surface area contributed by atoms with E-state index in [1.807, 2.05) is 0 Å². The van der Waals surface area contributed by atoms with Crippen LogP contribution in [0.1, 0.15) is 22.8 Å². The second-order valence-corrected chi connectivity index (χ2v) is 4.47. The molecule has 0 unspecified atom stereocenters. The number of esters is 1. The molecular formula is C16H17FN2O2. The van der Waals surface area contributed by atoms with Crippen LogP contribution in [0.3, 0.4) is 0 Å². The van der Waals surface area contributed by atoms with Gasteiger partial charge in [-0.15, -0.1) is 0 Å². The highest BCUT2D eigenvalue weighted by molar-refractivity contribution is 5.98. The third kappa shape index (κ3) is 3.72. The Balaban J connectivity index is 2.18. The van der Waals surface area contributed by atoms with E-state index in [0.717, 1.165) is 5.56 Å². The third-order valence-corrected chi connectivity index (χ3v) is 2.97. The van der Waals surface area contributed by atoms with Crippen LogP contribution in [0.2, 0.25) is 0 Å². The van der Waals surface area contributed by atoms with Crippen molar-refractivity contribution in [3.8, 4) is 0 Å². The molecule has 2 aromatic rings. The van der Waals surface area contributed by atoms with Crippen LogP contribution < -0.4 is 11.1 Å². The van der Waals surface area contributed by atoms with Crippen LogP contribution in [0.5, 0.6) is 0 Å².